The fraction of sp³-hybridized carbons (Fsp3) is 0.400. The van der Waals surface area contributed by atoms with Gasteiger partial charge < -0.3 is 19.7 Å². The Bertz CT molecular complexity index is 1560. The molecule has 1 unspecified atom stereocenters. The predicted molar refractivity (Wildman–Crippen MR) is 160 cm³/mol. The van der Waals surface area contributed by atoms with Gasteiger partial charge in [-0.05, 0) is 37.6 Å². The average molecular weight is 589 g/mol. The number of carbonyl (C=O) groups is 1. The molecular formula is C30H36N8O5. The van der Waals surface area contributed by atoms with Crippen LogP contribution in [0.1, 0.15) is 37.6 Å². The van der Waals surface area contributed by atoms with Gasteiger partial charge in [0.05, 0.1) is 42.9 Å². The molecule has 13 nitrogen and oxygen atoms in total. The summed E-state index contributed by atoms with van der Waals surface area (Å²) in [5.41, 5.74) is 3.41. The molecule has 2 aromatic carbocycles. The number of allylic oxidation sites excluding steroid dienone is 3. The number of nitrogens with one attached hydrogen (secondary N) is 1. The molecule has 13 heteroatoms. The Kier molecular flexibility index (Phi) is 9.00. The van der Waals surface area contributed by atoms with Gasteiger partial charge in [-0.2, -0.15) is 4.80 Å². The minimum atomic E-state index is -0.817. The number of carbonyl (C=O) groups excluding carboxylic acids is 1. The first kappa shape index (κ1) is 29.7. The van der Waals surface area contributed by atoms with Crippen molar-refractivity contribution in [2.24, 2.45) is 7.05 Å². The number of nitro benzene ring substituents is 1. The molecule has 3 aromatic rings. The van der Waals surface area contributed by atoms with Crippen molar-refractivity contribution in [3.05, 3.63) is 87.0 Å². The smallest absolute Gasteiger partial charge is 0.336 e. The molecule has 3 heterocycles. The van der Waals surface area contributed by atoms with E-state index in [1.165, 1.54) is 10.9 Å². The van der Waals surface area contributed by atoms with Gasteiger partial charge in [-0.15, -0.1) is 10.2 Å². The van der Waals surface area contributed by atoms with Gasteiger partial charge in [-0.25, -0.2) is 4.79 Å². The van der Waals surface area contributed by atoms with E-state index in [1.54, 1.807) is 39.3 Å². The number of para-hydroxylation sites is 3. The summed E-state index contributed by atoms with van der Waals surface area (Å²) in [6.45, 7) is 8.12. The summed E-state index contributed by atoms with van der Waals surface area (Å²) in [7, 11) is 3.32. The van der Waals surface area contributed by atoms with Crippen LogP contribution in [-0.4, -0.2) is 82.4 Å². The van der Waals surface area contributed by atoms with E-state index >= 15 is 0 Å². The number of ether oxygens (including phenoxy) is 2. The lowest BCUT2D eigenvalue weighted by Gasteiger charge is -2.36. The highest BCUT2D eigenvalue weighted by Gasteiger charge is 2.39. The van der Waals surface area contributed by atoms with Crippen molar-refractivity contribution in [1.29, 1.82) is 0 Å². The van der Waals surface area contributed by atoms with Gasteiger partial charge in [-0.3, -0.25) is 15.0 Å². The minimum Gasteiger partial charge on any atom is -0.495 e. The molecule has 0 saturated carbocycles. The Balaban J connectivity index is 1.27. The molecule has 226 valence electrons. The maximum absolute atomic E-state index is 13.7. The lowest BCUT2D eigenvalue weighted by atomic mass is 9.79. The van der Waals surface area contributed by atoms with Gasteiger partial charge in [0.25, 0.3) is 5.69 Å². The maximum atomic E-state index is 13.7. The number of methoxy groups -OCH3 is 1. The van der Waals surface area contributed by atoms with Crippen molar-refractivity contribution >= 4 is 22.9 Å². The van der Waals surface area contributed by atoms with E-state index in [-0.39, 0.29) is 23.7 Å². The molecule has 0 aliphatic carbocycles. The Morgan fingerprint density at radius 2 is 1.79 bits per heavy atom. The molecule has 0 radical (unpaired) electrons. The first-order valence-electron chi connectivity index (χ1n) is 14.2. The topological polar surface area (TPSA) is 141 Å². The van der Waals surface area contributed by atoms with E-state index in [0.29, 0.717) is 29.0 Å². The van der Waals surface area contributed by atoms with E-state index in [4.69, 9.17) is 9.47 Å². The predicted octanol–water partition coefficient (Wildman–Crippen LogP) is 3.27. The van der Waals surface area contributed by atoms with Crippen LogP contribution in [0.5, 0.6) is 5.75 Å². The van der Waals surface area contributed by atoms with E-state index in [0.717, 1.165) is 44.2 Å². The Labute approximate surface area is 249 Å². The summed E-state index contributed by atoms with van der Waals surface area (Å²) >= 11 is 0. The molecule has 0 bridgehead atoms. The highest BCUT2D eigenvalue weighted by Crippen LogP contribution is 2.45. The van der Waals surface area contributed by atoms with Crippen LogP contribution < -0.4 is 15.0 Å². The number of tetrazole rings is 1. The number of aromatic nitrogens is 4. The molecule has 1 fully saturated rings. The SMILES string of the molecule is COc1ccccc1N1CCN(CCCOC(=O)C2=C(C)NC(C)=C(c3nnn(C)n3)C2c2ccccc2[N+](=O)[O-])CC1. The Hall–Kier alpha value is -4.78. The third kappa shape index (κ3) is 6.36. The number of aryl methyl sites for hydroxylation is 1. The molecule has 0 amide bonds. The van der Waals surface area contributed by atoms with Crippen LogP contribution in [0, 0.1) is 10.1 Å². The second-order valence-corrected chi connectivity index (χ2v) is 10.5. The largest absolute Gasteiger partial charge is 0.495 e. The lowest BCUT2D eigenvalue weighted by molar-refractivity contribution is -0.385. The second kappa shape index (κ2) is 13.0. The number of nitro groups is 1. The summed E-state index contributed by atoms with van der Waals surface area (Å²) in [6.07, 6.45) is 0.656. The second-order valence-electron chi connectivity index (χ2n) is 10.5. The average Bonchev–Trinajstić information content (AvgIpc) is 3.44. The van der Waals surface area contributed by atoms with Crippen molar-refractivity contribution in [2.45, 2.75) is 26.2 Å². The first-order valence-corrected chi connectivity index (χ1v) is 14.2. The monoisotopic (exact) mass is 588 g/mol. The molecule has 5 rings (SSSR count). The lowest BCUT2D eigenvalue weighted by Crippen LogP contribution is -2.46. The van der Waals surface area contributed by atoms with Crippen molar-refractivity contribution in [1.82, 2.24) is 30.4 Å². The van der Waals surface area contributed by atoms with Crippen LogP contribution in [0.3, 0.4) is 0 Å². The standard InChI is InChI=1S/C30H36N8O5/c1-20-26(29-32-34-35(3)33-29)28(22-10-5-6-11-23(22)38(40)41)27(21(2)31-20)30(39)43-19-9-14-36-15-17-37(18-16-36)24-12-7-8-13-25(24)42-4/h5-8,10-13,28,31H,9,14-19H2,1-4H3. The number of esters is 1. The summed E-state index contributed by atoms with van der Waals surface area (Å²) < 4.78 is 11.3. The van der Waals surface area contributed by atoms with Crippen LogP contribution in [0.25, 0.3) is 5.57 Å². The van der Waals surface area contributed by atoms with E-state index < -0.39 is 16.8 Å². The molecule has 2 aliphatic rings. The first-order chi connectivity index (χ1) is 20.8. The zero-order valence-electron chi connectivity index (χ0n) is 24.8. The third-order valence-corrected chi connectivity index (χ3v) is 7.82. The number of rotatable bonds is 10. The van der Waals surface area contributed by atoms with Crippen molar-refractivity contribution in [3.63, 3.8) is 0 Å². The minimum absolute atomic E-state index is 0.103. The molecule has 1 aromatic heterocycles. The Morgan fingerprint density at radius 1 is 1.07 bits per heavy atom. The van der Waals surface area contributed by atoms with Crippen molar-refractivity contribution < 1.29 is 19.2 Å². The number of hydrogen-bond donors (Lipinski definition) is 1. The number of benzene rings is 2. The zero-order valence-corrected chi connectivity index (χ0v) is 24.8. The van der Waals surface area contributed by atoms with Crippen LogP contribution in [0.15, 0.2) is 65.5 Å². The van der Waals surface area contributed by atoms with Gasteiger partial charge in [0, 0.05) is 61.3 Å². The summed E-state index contributed by atoms with van der Waals surface area (Å²) in [6, 6.07) is 14.4. The number of anilines is 1. The highest BCUT2D eigenvalue weighted by molar-refractivity contribution is 5.97. The van der Waals surface area contributed by atoms with Crippen LogP contribution in [0.4, 0.5) is 11.4 Å². The third-order valence-electron chi connectivity index (χ3n) is 7.82. The van der Waals surface area contributed by atoms with E-state index in [1.807, 2.05) is 25.1 Å². The number of nitrogens with zero attached hydrogens (tertiary/aromatic N) is 7. The van der Waals surface area contributed by atoms with Crippen molar-refractivity contribution in [2.75, 3.05) is 51.3 Å². The fourth-order valence-corrected chi connectivity index (χ4v) is 5.80. The summed E-state index contributed by atoms with van der Waals surface area (Å²) in [5.74, 6) is -0.210. The number of dihydropyridines is 1. The molecule has 1 saturated heterocycles. The van der Waals surface area contributed by atoms with Gasteiger partial charge in [0.15, 0.2) is 0 Å². The number of hydrogen-bond acceptors (Lipinski definition) is 11. The quantitative estimate of drug-likeness (QED) is 0.161. The summed E-state index contributed by atoms with van der Waals surface area (Å²) in [4.78, 5) is 31.2. The molecule has 2 aliphatic heterocycles. The molecular weight excluding hydrogens is 552 g/mol. The number of piperazine rings is 1. The van der Waals surface area contributed by atoms with Gasteiger partial charge in [0.1, 0.15) is 5.75 Å². The normalized spacial score (nSPS) is 17.6. The Morgan fingerprint density at radius 3 is 2.49 bits per heavy atom. The van der Waals surface area contributed by atoms with Gasteiger partial charge >= 0.3 is 5.97 Å². The van der Waals surface area contributed by atoms with Crippen LogP contribution in [-0.2, 0) is 16.6 Å². The van der Waals surface area contributed by atoms with E-state index in [9.17, 15) is 14.9 Å². The van der Waals surface area contributed by atoms with Crippen LogP contribution in [0.2, 0.25) is 0 Å². The van der Waals surface area contributed by atoms with Crippen LogP contribution >= 0.6 is 0 Å². The molecule has 1 atom stereocenters. The summed E-state index contributed by atoms with van der Waals surface area (Å²) in [5, 5.41) is 27.7. The fourth-order valence-electron chi connectivity index (χ4n) is 5.80. The molecule has 0 spiro atoms. The molecule has 1 N–H and O–H groups in total. The highest BCUT2D eigenvalue weighted by atomic mass is 16.6. The van der Waals surface area contributed by atoms with Crippen molar-refractivity contribution in [3.8, 4) is 5.75 Å². The van der Waals surface area contributed by atoms with Gasteiger partial charge in [0.2, 0.25) is 5.82 Å². The van der Waals surface area contributed by atoms with E-state index in [2.05, 4.69) is 36.6 Å². The maximum Gasteiger partial charge on any atom is 0.336 e. The zero-order chi connectivity index (χ0) is 30.5. The molecule has 43 heavy (non-hydrogen) atoms. The van der Waals surface area contributed by atoms with Gasteiger partial charge in [-0.1, -0.05) is 30.3 Å².